The van der Waals surface area contributed by atoms with Gasteiger partial charge in [-0.3, -0.25) is 0 Å². The summed E-state index contributed by atoms with van der Waals surface area (Å²) in [5.74, 6) is 0. The van der Waals surface area contributed by atoms with E-state index < -0.39 is 57.5 Å². The maximum atomic E-state index is 5.85. The minimum absolute atomic E-state index is 0.519. The van der Waals surface area contributed by atoms with Crippen LogP contribution in [0.4, 0.5) is 0 Å². The summed E-state index contributed by atoms with van der Waals surface area (Å²) < 4.78 is 0. The van der Waals surface area contributed by atoms with Crippen molar-refractivity contribution in [3.05, 3.63) is 0 Å². The second-order valence-corrected chi connectivity index (χ2v) is 5.60. The Hall–Kier alpha value is 1.52. The Morgan fingerprint density at radius 2 is 0.762 bits per heavy atom. The number of rotatable bonds is 9. The van der Waals surface area contributed by atoms with E-state index in [0.717, 1.165) is 0 Å². The van der Waals surface area contributed by atoms with E-state index in [4.69, 9.17) is 89.4 Å². The second kappa shape index (κ2) is 10.4. The van der Waals surface area contributed by atoms with Crippen molar-refractivity contribution in [3.63, 3.8) is 0 Å². The topological polar surface area (TPSA) is 0 Å². The molecule has 0 atom stereocenters. The zero-order valence-electron chi connectivity index (χ0n) is 12.0. The van der Waals surface area contributed by atoms with Gasteiger partial charge in [0.25, 0.3) is 0 Å². The molecule has 0 aliphatic heterocycles. The Balaban J connectivity index is 5.72. The average molecular weight is 248 g/mol. The molecule has 20 radical (unpaired) electrons. The van der Waals surface area contributed by atoms with Gasteiger partial charge in [-0.05, 0) is 0 Å². The van der Waals surface area contributed by atoms with E-state index in [0.29, 0.717) is 0 Å². The summed E-state index contributed by atoms with van der Waals surface area (Å²) in [5, 5.41) is 0. The predicted molar refractivity (Wildman–Crippen MR) is 123 cm³/mol. The zero-order valence-corrected chi connectivity index (χ0v) is 12.8. The Bertz CT molecular complexity index is 272. The molecular weight excluding hydrogens is 248 g/mol. The van der Waals surface area contributed by atoms with Crippen molar-refractivity contribution in [2.45, 2.75) is 0 Å². The molecule has 0 nitrogen and oxygen atoms in total. The van der Waals surface area contributed by atoms with E-state index in [-0.39, 0.29) is 0 Å². The Morgan fingerprint density at radius 1 is 0.476 bits per heavy atom. The number of hydrogen-bond donors (Lipinski definition) is 0. The molecule has 0 N–H and O–H groups in total. The molecule has 0 aliphatic carbocycles. The molecule has 0 rings (SSSR count). The summed E-state index contributed by atoms with van der Waals surface area (Å²) in [6.07, 6.45) is -6.53. The molecule has 0 aromatic rings. The van der Waals surface area contributed by atoms with Crippen LogP contribution in [0, 0.1) is 0 Å². The third-order valence-corrected chi connectivity index (χ3v) is 4.03. The fourth-order valence-electron chi connectivity index (χ4n) is 2.75. The van der Waals surface area contributed by atoms with Gasteiger partial charge >= 0.3 is 153 Å². The second-order valence-electron chi connectivity index (χ2n) is 5.33. The van der Waals surface area contributed by atoms with Crippen molar-refractivity contribution in [1.29, 1.82) is 0 Å². The SMILES string of the molecule is [B]B([B])B(B([B])[B])B(B=S)B(B([B])[B])B(B([B])[B])B([B])[B]. The minimum atomic E-state index is -0.858. The first kappa shape index (κ1) is 22.5. The zero-order chi connectivity index (χ0) is 16.9. The molecule has 66 valence electrons. The molecule has 0 aromatic heterocycles. The van der Waals surface area contributed by atoms with Crippen LogP contribution in [0.3, 0.4) is 0 Å². The van der Waals surface area contributed by atoms with Crippen LogP contribution in [0.25, 0.3) is 0 Å². The first-order valence-electron chi connectivity index (χ1n) is 6.57. The molecule has 0 aromatic carbocycles. The maximum absolute atomic E-state index is 5.85. The van der Waals surface area contributed by atoms with Crippen LogP contribution in [-0.4, -0.2) is 141 Å². The molecule has 21 heteroatoms. The molecule has 0 saturated heterocycles. The molecule has 0 unspecified atom stereocenters. The molecule has 0 aliphatic rings. The standard InChI is InChI=1S/B20S/c1-12(2)18(13(3)4)17(11-21)20(16(9)10)19(14(5)6)15(7)8. The first-order valence-corrected chi connectivity index (χ1v) is 7.04. The van der Waals surface area contributed by atoms with Crippen LogP contribution >= 0.6 is 12.1 Å². The van der Waals surface area contributed by atoms with Gasteiger partial charge < -0.3 is 0 Å². The molecule has 21 heavy (non-hydrogen) atoms. The van der Waals surface area contributed by atoms with Crippen LogP contribution in [0.15, 0.2) is 0 Å². The Morgan fingerprint density at radius 3 is 0.952 bits per heavy atom. The van der Waals surface area contributed by atoms with Crippen molar-refractivity contribution >= 4 is 153 Å². The van der Waals surface area contributed by atoms with E-state index in [1.54, 1.807) is 0 Å². The summed E-state index contributed by atoms with van der Waals surface area (Å²) in [6, 6.07) is 1.42. The van der Waals surface area contributed by atoms with Gasteiger partial charge in [0.1, 0.15) is 0 Å². The van der Waals surface area contributed by atoms with Gasteiger partial charge in [-0.25, -0.2) is 0 Å². The van der Waals surface area contributed by atoms with Crippen LogP contribution in [0.1, 0.15) is 0 Å². The molecule has 0 fully saturated rings. The normalized spacial score (nSPS) is 8.95. The van der Waals surface area contributed by atoms with E-state index in [2.05, 4.69) is 0 Å². The van der Waals surface area contributed by atoms with E-state index >= 15 is 0 Å². The summed E-state index contributed by atoms with van der Waals surface area (Å²) in [5.41, 5.74) is 0. The summed E-state index contributed by atoms with van der Waals surface area (Å²) in [4.78, 5) is 0. The molecule has 0 heterocycles. The van der Waals surface area contributed by atoms with E-state index in [1.807, 2.05) is 0 Å². The third-order valence-electron chi connectivity index (χ3n) is 3.71. The van der Waals surface area contributed by atoms with Crippen LogP contribution in [0.5, 0.6) is 0 Å². The van der Waals surface area contributed by atoms with Gasteiger partial charge in [-0.2, -0.15) is 0 Å². The van der Waals surface area contributed by atoms with E-state index in [9.17, 15) is 0 Å². The summed E-state index contributed by atoms with van der Waals surface area (Å²) in [7, 11) is 57.7. The van der Waals surface area contributed by atoms with Gasteiger partial charge in [0, 0.05) is 0 Å². The molecule has 0 saturated carbocycles. The van der Waals surface area contributed by atoms with E-state index in [1.165, 1.54) is 6.05 Å². The average Bonchev–Trinajstić information content (AvgIpc) is 2.30. The molecular formula is B20S. The fourth-order valence-corrected chi connectivity index (χ4v) is 3.11. The van der Waals surface area contributed by atoms with Gasteiger partial charge in [0.15, 0.2) is 0 Å². The van der Waals surface area contributed by atoms with Crippen molar-refractivity contribution in [3.8, 4) is 0 Å². The monoisotopic (exact) mass is 252 g/mol. The Kier molecular flexibility index (Phi) is 11.1. The van der Waals surface area contributed by atoms with Crippen molar-refractivity contribution in [2.75, 3.05) is 0 Å². The van der Waals surface area contributed by atoms with Gasteiger partial charge in [0.05, 0.1) is 0 Å². The quantitative estimate of drug-likeness (QED) is 0.366. The van der Waals surface area contributed by atoms with Crippen molar-refractivity contribution < 1.29 is 0 Å². The molecule has 0 spiro atoms. The van der Waals surface area contributed by atoms with Crippen LogP contribution in [-0.2, 0) is 0 Å². The predicted octanol–water partition coefficient (Wildman–Crippen LogP) is -6.97. The van der Waals surface area contributed by atoms with Gasteiger partial charge in [-0.1, -0.05) is 0 Å². The molecule has 0 amide bonds. The third kappa shape index (κ3) is 6.50. The number of hydrogen-bond acceptors (Lipinski definition) is 1. The fraction of sp³-hybridized carbons (Fsp3) is 0. The van der Waals surface area contributed by atoms with Crippen molar-refractivity contribution in [2.24, 2.45) is 0 Å². The Labute approximate surface area is 152 Å². The first-order chi connectivity index (χ1) is 9.56. The summed E-state index contributed by atoms with van der Waals surface area (Å²) >= 11 is 5.05. The van der Waals surface area contributed by atoms with Crippen LogP contribution in [0.2, 0.25) is 0 Å². The van der Waals surface area contributed by atoms with Gasteiger partial charge in [-0.15, -0.1) is 0 Å². The summed E-state index contributed by atoms with van der Waals surface area (Å²) in [6.45, 7) is 0. The van der Waals surface area contributed by atoms with Crippen LogP contribution < -0.4 is 0 Å². The van der Waals surface area contributed by atoms with Gasteiger partial charge in [0.2, 0.25) is 0 Å². The van der Waals surface area contributed by atoms with Crippen molar-refractivity contribution in [1.82, 2.24) is 0 Å². The molecule has 0 bridgehead atoms.